The zero-order valence-electron chi connectivity index (χ0n) is 10.1. The van der Waals surface area contributed by atoms with Crippen molar-refractivity contribution in [3.8, 4) is 11.1 Å². The molecule has 0 aliphatic rings. The summed E-state index contributed by atoms with van der Waals surface area (Å²) in [5.41, 5.74) is 2.50. The highest BCUT2D eigenvalue weighted by Crippen LogP contribution is 2.26. The van der Waals surface area contributed by atoms with E-state index in [2.05, 4.69) is 0 Å². The molecule has 0 amide bonds. The number of aryl methyl sites for hydroxylation is 1. The molecule has 0 aliphatic heterocycles. The van der Waals surface area contributed by atoms with Crippen LogP contribution < -0.4 is 0 Å². The fourth-order valence-corrected chi connectivity index (χ4v) is 1.86. The highest BCUT2D eigenvalue weighted by molar-refractivity contribution is 5.95. The molecule has 0 heterocycles. The zero-order valence-corrected chi connectivity index (χ0v) is 10.1. The van der Waals surface area contributed by atoms with Gasteiger partial charge in [0.25, 0.3) is 0 Å². The molecule has 1 nitrogen and oxygen atoms in total. The Balaban J connectivity index is 2.62. The van der Waals surface area contributed by atoms with Crippen LogP contribution in [0, 0.1) is 18.6 Å². The van der Waals surface area contributed by atoms with Crippen LogP contribution in [0.15, 0.2) is 36.4 Å². The van der Waals surface area contributed by atoms with Crippen LogP contribution in [0.3, 0.4) is 0 Å². The smallest absolute Gasteiger partial charge is 0.159 e. The molecule has 0 spiro atoms. The van der Waals surface area contributed by atoms with Crippen molar-refractivity contribution in [1.29, 1.82) is 0 Å². The molecule has 2 aromatic carbocycles. The first-order valence-electron chi connectivity index (χ1n) is 5.55. The molecule has 0 unspecified atom stereocenters. The molecule has 0 saturated heterocycles. The summed E-state index contributed by atoms with van der Waals surface area (Å²) < 4.78 is 26.4. The van der Waals surface area contributed by atoms with Crippen molar-refractivity contribution < 1.29 is 13.6 Å². The average Bonchev–Trinajstić information content (AvgIpc) is 2.27. The van der Waals surface area contributed by atoms with Crippen LogP contribution in [-0.4, -0.2) is 5.78 Å². The summed E-state index contributed by atoms with van der Waals surface area (Å²) in [4.78, 5) is 11.3. The number of hydrogen-bond donors (Lipinski definition) is 0. The third-order valence-electron chi connectivity index (χ3n) is 2.82. The van der Waals surface area contributed by atoms with E-state index in [9.17, 15) is 13.6 Å². The van der Waals surface area contributed by atoms with Gasteiger partial charge in [0.05, 0.1) is 0 Å². The Morgan fingerprint density at radius 2 is 1.61 bits per heavy atom. The first kappa shape index (κ1) is 12.4. The molecular formula is C15H12F2O. The van der Waals surface area contributed by atoms with Gasteiger partial charge >= 0.3 is 0 Å². The van der Waals surface area contributed by atoms with Gasteiger partial charge in [0.1, 0.15) is 11.6 Å². The van der Waals surface area contributed by atoms with E-state index < -0.39 is 11.6 Å². The monoisotopic (exact) mass is 246 g/mol. The van der Waals surface area contributed by atoms with Crippen LogP contribution in [0.2, 0.25) is 0 Å². The SMILES string of the molecule is CC(=O)c1ccc(C)c(-c2cc(F)cc(F)c2)c1. The fraction of sp³-hybridized carbons (Fsp3) is 0.133. The second kappa shape index (κ2) is 4.69. The molecule has 2 rings (SSSR count). The van der Waals surface area contributed by atoms with Crippen molar-refractivity contribution in [2.45, 2.75) is 13.8 Å². The van der Waals surface area contributed by atoms with Crippen molar-refractivity contribution in [1.82, 2.24) is 0 Å². The lowest BCUT2D eigenvalue weighted by molar-refractivity contribution is 0.101. The van der Waals surface area contributed by atoms with E-state index >= 15 is 0 Å². The standard InChI is InChI=1S/C15H12F2O/c1-9-3-4-11(10(2)18)7-15(9)12-5-13(16)8-14(17)6-12/h3-8H,1-2H3. The lowest BCUT2D eigenvalue weighted by Gasteiger charge is -2.08. The van der Waals surface area contributed by atoms with Gasteiger partial charge in [0.15, 0.2) is 5.78 Å². The second-order valence-electron chi connectivity index (χ2n) is 4.24. The quantitative estimate of drug-likeness (QED) is 0.728. The number of carbonyl (C=O) groups excluding carboxylic acids is 1. The van der Waals surface area contributed by atoms with E-state index in [4.69, 9.17) is 0 Å². The summed E-state index contributed by atoms with van der Waals surface area (Å²) >= 11 is 0. The van der Waals surface area contributed by atoms with Crippen molar-refractivity contribution in [3.63, 3.8) is 0 Å². The van der Waals surface area contributed by atoms with Crippen LogP contribution in [0.5, 0.6) is 0 Å². The van der Waals surface area contributed by atoms with Crippen molar-refractivity contribution in [2.24, 2.45) is 0 Å². The van der Waals surface area contributed by atoms with E-state index in [1.165, 1.54) is 19.1 Å². The number of rotatable bonds is 2. The maximum atomic E-state index is 13.2. The van der Waals surface area contributed by atoms with Gasteiger partial charge in [-0.25, -0.2) is 8.78 Å². The summed E-state index contributed by atoms with van der Waals surface area (Å²) in [5, 5.41) is 0. The van der Waals surface area contributed by atoms with Gasteiger partial charge in [-0.1, -0.05) is 12.1 Å². The first-order chi connectivity index (χ1) is 8.47. The molecule has 3 heteroatoms. The van der Waals surface area contributed by atoms with Crippen LogP contribution in [0.1, 0.15) is 22.8 Å². The number of ketones is 1. The van der Waals surface area contributed by atoms with Crippen LogP contribution >= 0.6 is 0 Å². The Hall–Kier alpha value is -2.03. The number of benzene rings is 2. The Kier molecular flexibility index (Phi) is 3.24. The minimum Gasteiger partial charge on any atom is -0.295 e. The molecule has 0 radical (unpaired) electrons. The summed E-state index contributed by atoms with van der Waals surface area (Å²) in [6.45, 7) is 3.29. The van der Waals surface area contributed by atoms with Gasteiger partial charge in [-0.15, -0.1) is 0 Å². The zero-order chi connectivity index (χ0) is 13.3. The van der Waals surface area contributed by atoms with Crippen LogP contribution in [-0.2, 0) is 0 Å². The number of carbonyl (C=O) groups is 1. The van der Waals surface area contributed by atoms with E-state index in [-0.39, 0.29) is 5.78 Å². The molecule has 0 fully saturated rings. The topological polar surface area (TPSA) is 17.1 Å². The summed E-state index contributed by atoms with van der Waals surface area (Å²) in [5.74, 6) is -1.33. The predicted molar refractivity (Wildman–Crippen MR) is 66.5 cm³/mol. The minimum absolute atomic E-state index is 0.0758. The molecule has 0 aliphatic carbocycles. The molecule has 0 atom stereocenters. The summed E-state index contributed by atoms with van der Waals surface area (Å²) in [7, 11) is 0. The number of hydrogen-bond acceptors (Lipinski definition) is 1. The highest BCUT2D eigenvalue weighted by Gasteiger charge is 2.08. The van der Waals surface area contributed by atoms with Crippen LogP contribution in [0.25, 0.3) is 11.1 Å². The summed E-state index contributed by atoms with van der Waals surface area (Å²) in [6, 6.07) is 8.48. The van der Waals surface area contributed by atoms with Gasteiger partial charge in [0, 0.05) is 11.6 Å². The third-order valence-corrected chi connectivity index (χ3v) is 2.82. The molecule has 0 bridgehead atoms. The Morgan fingerprint density at radius 1 is 1.00 bits per heavy atom. The van der Waals surface area contributed by atoms with E-state index in [1.807, 2.05) is 6.92 Å². The second-order valence-corrected chi connectivity index (χ2v) is 4.24. The number of Topliss-reactive ketones (excluding diaryl/α,β-unsaturated/α-hetero) is 1. The minimum atomic E-state index is -0.627. The third kappa shape index (κ3) is 2.45. The molecule has 18 heavy (non-hydrogen) atoms. The van der Waals surface area contributed by atoms with Crippen molar-refractivity contribution >= 4 is 5.78 Å². The van der Waals surface area contributed by atoms with Gasteiger partial charge in [-0.3, -0.25) is 4.79 Å². The van der Waals surface area contributed by atoms with Crippen molar-refractivity contribution in [2.75, 3.05) is 0 Å². The average molecular weight is 246 g/mol. The molecule has 0 saturated carbocycles. The van der Waals surface area contributed by atoms with E-state index in [0.29, 0.717) is 16.7 Å². The van der Waals surface area contributed by atoms with Gasteiger partial charge < -0.3 is 0 Å². The Morgan fingerprint density at radius 3 is 2.17 bits per heavy atom. The Bertz CT molecular complexity index is 598. The maximum absolute atomic E-state index is 13.2. The Labute approximate surface area is 104 Å². The largest absolute Gasteiger partial charge is 0.295 e. The lowest BCUT2D eigenvalue weighted by atomic mass is 9.97. The molecule has 2 aromatic rings. The fourth-order valence-electron chi connectivity index (χ4n) is 1.86. The normalized spacial score (nSPS) is 10.4. The van der Waals surface area contributed by atoms with Crippen molar-refractivity contribution in [3.05, 3.63) is 59.2 Å². The van der Waals surface area contributed by atoms with Crippen LogP contribution in [0.4, 0.5) is 8.78 Å². The van der Waals surface area contributed by atoms with Gasteiger partial charge in [0.2, 0.25) is 0 Å². The molecule has 0 N–H and O–H groups in total. The maximum Gasteiger partial charge on any atom is 0.159 e. The van der Waals surface area contributed by atoms with E-state index in [0.717, 1.165) is 11.6 Å². The summed E-state index contributed by atoms with van der Waals surface area (Å²) in [6.07, 6.45) is 0. The van der Waals surface area contributed by atoms with Gasteiger partial charge in [-0.2, -0.15) is 0 Å². The first-order valence-corrected chi connectivity index (χ1v) is 5.55. The molecular weight excluding hydrogens is 234 g/mol. The lowest BCUT2D eigenvalue weighted by Crippen LogP contribution is -1.94. The molecule has 0 aromatic heterocycles. The molecule has 92 valence electrons. The predicted octanol–water partition coefficient (Wildman–Crippen LogP) is 4.14. The van der Waals surface area contributed by atoms with Gasteiger partial charge in [-0.05, 0) is 48.7 Å². The van der Waals surface area contributed by atoms with E-state index in [1.54, 1.807) is 18.2 Å². The number of halogens is 2. The highest BCUT2D eigenvalue weighted by atomic mass is 19.1.